The predicted molar refractivity (Wildman–Crippen MR) is 446 cm³/mol. The van der Waals surface area contributed by atoms with Crippen molar-refractivity contribution in [3.8, 4) is 0 Å². The van der Waals surface area contributed by atoms with Crippen molar-refractivity contribution in [1.82, 2.24) is 0 Å². The van der Waals surface area contributed by atoms with Crippen molar-refractivity contribution in [2.45, 2.75) is 477 Å². The van der Waals surface area contributed by atoms with Gasteiger partial charge in [-0.3, -0.25) is 37.3 Å². The van der Waals surface area contributed by atoms with Crippen molar-refractivity contribution in [3.05, 3.63) is 24.3 Å². The van der Waals surface area contributed by atoms with Crippen LogP contribution in [0.3, 0.4) is 0 Å². The number of carbonyl (C=O) groups excluding carboxylic acids is 4. The van der Waals surface area contributed by atoms with Crippen LogP contribution in [0.1, 0.15) is 458 Å². The molecule has 0 aromatic heterocycles. The monoisotopic (exact) mass is 1570 g/mol. The number of phosphoric acid groups is 2. The van der Waals surface area contributed by atoms with Gasteiger partial charge in [0.2, 0.25) is 0 Å². The third kappa shape index (κ3) is 80.2. The lowest BCUT2D eigenvalue weighted by Gasteiger charge is -2.21. The minimum absolute atomic E-state index is 0.0860. The quantitative estimate of drug-likeness (QED) is 0.0169. The molecule has 0 saturated carbocycles. The van der Waals surface area contributed by atoms with E-state index in [2.05, 4.69) is 58.9 Å². The van der Waals surface area contributed by atoms with E-state index in [-0.39, 0.29) is 25.7 Å². The second-order valence-electron chi connectivity index (χ2n) is 31.5. The van der Waals surface area contributed by atoms with Gasteiger partial charge in [0, 0.05) is 25.7 Å². The highest BCUT2D eigenvalue weighted by atomic mass is 31.2. The van der Waals surface area contributed by atoms with Gasteiger partial charge in [0.15, 0.2) is 12.2 Å². The lowest BCUT2D eigenvalue weighted by molar-refractivity contribution is -0.161. The van der Waals surface area contributed by atoms with E-state index < -0.39 is 97.5 Å². The van der Waals surface area contributed by atoms with E-state index in [9.17, 15) is 43.2 Å². The zero-order valence-corrected chi connectivity index (χ0v) is 72.3. The molecule has 0 aliphatic carbocycles. The standard InChI is InChI=1S/C89H170O17P2/c1-6-10-13-16-19-22-25-28-30-31-32-33-34-35-36-38-45-50-55-60-65-70-75-89(94)106-85(79-100-87(92)73-68-63-58-53-48-43-40-39-42-46-51-56-61-66-71-82(5)9-4)81-104-108(97,98)102-77-83(90)76-101-107(95,96)103-80-84(78-99-86(91)72-67-62-57-52-47-41-27-24-21-18-15-12-8-3)105-88(93)74-69-64-59-54-49-44-37-29-26-23-20-17-14-11-7-2/h23,26,29,37,82-85,90H,6-22,24-25,27-28,30-36,38-81H2,1-5H3,(H,95,96)(H,97,98)/b26-23-,37-29-/t82?,83-,84+,85+/m0/s1. The number of aliphatic hydroxyl groups excluding tert-OH is 1. The Labute approximate surface area is 663 Å². The van der Waals surface area contributed by atoms with Crippen molar-refractivity contribution in [2.75, 3.05) is 39.6 Å². The zero-order valence-electron chi connectivity index (χ0n) is 70.5. The Morgan fingerprint density at radius 2 is 0.519 bits per heavy atom. The molecule has 0 heterocycles. The number of esters is 4. The van der Waals surface area contributed by atoms with Crippen molar-refractivity contribution in [1.29, 1.82) is 0 Å². The Morgan fingerprint density at radius 3 is 0.787 bits per heavy atom. The van der Waals surface area contributed by atoms with Crippen molar-refractivity contribution in [2.24, 2.45) is 5.92 Å². The van der Waals surface area contributed by atoms with Crippen molar-refractivity contribution < 1.29 is 80.2 Å². The van der Waals surface area contributed by atoms with E-state index in [1.54, 1.807) is 0 Å². The molecule has 0 saturated heterocycles. The van der Waals surface area contributed by atoms with Crippen LogP contribution >= 0.6 is 15.6 Å². The van der Waals surface area contributed by atoms with Crippen LogP contribution in [0.25, 0.3) is 0 Å². The van der Waals surface area contributed by atoms with Crippen LogP contribution in [0.5, 0.6) is 0 Å². The molecule has 6 atom stereocenters. The Kier molecular flexibility index (Phi) is 79.3. The number of unbranched alkanes of at least 4 members (excludes halogenated alkanes) is 55. The molecule has 3 unspecified atom stereocenters. The van der Waals surface area contributed by atoms with Gasteiger partial charge in [-0.2, -0.15) is 0 Å². The number of phosphoric ester groups is 2. The van der Waals surface area contributed by atoms with Crippen LogP contribution in [-0.4, -0.2) is 96.7 Å². The van der Waals surface area contributed by atoms with Crippen LogP contribution in [0, 0.1) is 5.92 Å². The molecule has 0 spiro atoms. The Balaban J connectivity index is 5.28. The van der Waals surface area contributed by atoms with Gasteiger partial charge in [-0.25, -0.2) is 9.13 Å². The lowest BCUT2D eigenvalue weighted by Crippen LogP contribution is -2.30. The molecule has 0 aliphatic heterocycles. The fraction of sp³-hybridized carbons (Fsp3) is 0.910. The number of allylic oxidation sites excluding steroid dienone is 4. The summed E-state index contributed by atoms with van der Waals surface area (Å²) in [7, 11) is -9.94. The highest BCUT2D eigenvalue weighted by molar-refractivity contribution is 7.47. The molecule has 17 nitrogen and oxygen atoms in total. The third-order valence-electron chi connectivity index (χ3n) is 20.8. The average molecular weight is 1570 g/mol. The highest BCUT2D eigenvalue weighted by Gasteiger charge is 2.30. The molecule has 3 N–H and O–H groups in total. The Bertz CT molecular complexity index is 2150. The number of hydrogen-bond acceptors (Lipinski definition) is 15. The molecular formula is C89H170O17P2. The van der Waals surface area contributed by atoms with Crippen molar-refractivity contribution in [3.63, 3.8) is 0 Å². The fourth-order valence-electron chi connectivity index (χ4n) is 13.4. The number of rotatable bonds is 87. The van der Waals surface area contributed by atoms with Crippen LogP contribution < -0.4 is 0 Å². The molecule has 0 fully saturated rings. The van der Waals surface area contributed by atoms with Gasteiger partial charge in [0.1, 0.15) is 19.3 Å². The molecule has 0 amide bonds. The second kappa shape index (κ2) is 81.1. The van der Waals surface area contributed by atoms with E-state index in [1.807, 2.05) is 0 Å². The molecule has 0 aromatic rings. The van der Waals surface area contributed by atoms with Gasteiger partial charge >= 0.3 is 39.5 Å². The van der Waals surface area contributed by atoms with Gasteiger partial charge < -0.3 is 33.8 Å². The second-order valence-corrected chi connectivity index (χ2v) is 34.5. The average Bonchev–Trinajstić information content (AvgIpc) is 0.900. The van der Waals surface area contributed by atoms with Gasteiger partial charge in [0.25, 0.3) is 0 Å². The first-order valence-corrected chi connectivity index (χ1v) is 48.5. The summed E-state index contributed by atoms with van der Waals surface area (Å²) in [6.07, 6.45) is 78.5. The third-order valence-corrected chi connectivity index (χ3v) is 22.7. The maximum Gasteiger partial charge on any atom is 0.472 e. The number of aliphatic hydroxyl groups is 1. The summed E-state index contributed by atoms with van der Waals surface area (Å²) in [5.41, 5.74) is 0. The smallest absolute Gasteiger partial charge is 0.462 e. The molecule has 0 rings (SSSR count). The lowest BCUT2D eigenvalue weighted by atomic mass is 9.99. The summed E-state index contributed by atoms with van der Waals surface area (Å²) in [6.45, 7) is 7.37. The molecule has 0 aromatic carbocycles. The predicted octanol–water partition coefficient (Wildman–Crippen LogP) is 27.1. The van der Waals surface area contributed by atoms with Crippen LogP contribution in [0.2, 0.25) is 0 Å². The van der Waals surface area contributed by atoms with Crippen LogP contribution in [0.4, 0.5) is 0 Å². The molecular weight excluding hydrogens is 1400 g/mol. The van der Waals surface area contributed by atoms with E-state index in [1.165, 1.54) is 270 Å². The first-order chi connectivity index (χ1) is 52.6. The van der Waals surface area contributed by atoms with Crippen LogP contribution in [-0.2, 0) is 65.4 Å². The summed E-state index contributed by atoms with van der Waals surface area (Å²) in [5, 5.41) is 10.7. The highest BCUT2D eigenvalue weighted by Crippen LogP contribution is 2.45. The topological polar surface area (TPSA) is 237 Å². The summed E-state index contributed by atoms with van der Waals surface area (Å²) >= 11 is 0. The van der Waals surface area contributed by atoms with Crippen molar-refractivity contribution >= 4 is 39.5 Å². The minimum atomic E-state index is -4.97. The molecule has 19 heteroatoms. The molecule has 0 radical (unpaired) electrons. The summed E-state index contributed by atoms with van der Waals surface area (Å²) in [5.74, 6) is -1.28. The fourth-order valence-corrected chi connectivity index (χ4v) is 15.0. The van der Waals surface area contributed by atoms with E-state index in [4.69, 9.17) is 37.0 Å². The Morgan fingerprint density at radius 1 is 0.296 bits per heavy atom. The van der Waals surface area contributed by atoms with E-state index >= 15 is 0 Å². The summed E-state index contributed by atoms with van der Waals surface area (Å²) in [6, 6.07) is 0. The molecule has 0 bridgehead atoms. The molecule has 638 valence electrons. The number of hydrogen-bond donors (Lipinski definition) is 3. The normalized spacial score (nSPS) is 14.1. The minimum Gasteiger partial charge on any atom is -0.462 e. The van der Waals surface area contributed by atoms with Gasteiger partial charge in [-0.05, 0) is 57.3 Å². The zero-order chi connectivity index (χ0) is 79.0. The maximum absolute atomic E-state index is 13.2. The maximum atomic E-state index is 13.2. The number of carbonyl (C=O) groups is 4. The SMILES string of the molecule is CCCCCC/C=C\C=C/CCCCCCCC(=O)O[C@H](COC(=O)CCCCCCCCCCCCCCC)COP(=O)(O)OC[C@H](O)COP(=O)(O)OC[C@@H](COC(=O)CCCCCCCCCCCCCCCCC(C)CC)OC(=O)CCCCCCCCCCCCCCCCCCCCCCCC. The first-order valence-electron chi connectivity index (χ1n) is 45.5. The van der Waals surface area contributed by atoms with E-state index in [0.29, 0.717) is 25.7 Å². The largest absolute Gasteiger partial charge is 0.472 e. The van der Waals surface area contributed by atoms with E-state index in [0.717, 1.165) is 109 Å². The van der Waals surface area contributed by atoms with Gasteiger partial charge in [-0.1, -0.05) is 406 Å². The number of ether oxygens (including phenoxy) is 4. The van der Waals surface area contributed by atoms with Gasteiger partial charge in [-0.15, -0.1) is 0 Å². The Hall–Kier alpha value is -2.46. The summed E-state index contributed by atoms with van der Waals surface area (Å²) < 4.78 is 69.0. The first kappa shape index (κ1) is 106. The van der Waals surface area contributed by atoms with Crippen LogP contribution in [0.15, 0.2) is 24.3 Å². The molecule has 108 heavy (non-hydrogen) atoms. The molecule has 0 aliphatic rings. The van der Waals surface area contributed by atoms with Gasteiger partial charge in [0.05, 0.1) is 26.4 Å². The summed E-state index contributed by atoms with van der Waals surface area (Å²) in [4.78, 5) is 73.3.